The van der Waals surface area contributed by atoms with Crippen molar-refractivity contribution in [3.63, 3.8) is 0 Å². The molecule has 0 amide bonds. The molecular formula is C22H20. The van der Waals surface area contributed by atoms with E-state index in [9.17, 15) is 0 Å². The molecule has 0 N–H and O–H groups in total. The minimum atomic E-state index is 0.0934. The maximum absolute atomic E-state index is 2.37. The van der Waals surface area contributed by atoms with Crippen molar-refractivity contribution in [3.8, 4) is 22.3 Å². The normalized spacial score (nSPS) is 14.5. The molecule has 3 aromatic rings. The van der Waals surface area contributed by atoms with Gasteiger partial charge in [-0.05, 0) is 51.9 Å². The Bertz CT molecular complexity index is 869. The van der Waals surface area contributed by atoms with E-state index in [0.29, 0.717) is 0 Å². The molecule has 0 saturated carbocycles. The third-order valence-electron chi connectivity index (χ3n) is 5.04. The summed E-state index contributed by atoms with van der Waals surface area (Å²) >= 11 is 0. The molecule has 0 spiro atoms. The van der Waals surface area contributed by atoms with Gasteiger partial charge in [-0.15, -0.1) is 0 Å². The molecule has 0 unspecified atom stereocenters. The van der Waals surface area contributed by atoms with Crippen LogP contribution < -0.4 is 0 Å². The lowest BCUT2D eigenvalue weighted by Crippen LogP contribution is -2.14. The molecule has 108 valence electrons. The van der Waals surface area contributed by atoms with Gasteiger partial charge < -0.3 is 0 Å². The predicted octanol–water partition coefficient (Wildman–Crippen LogP) is 5.97. The van der Waals surface area contributed by atoms with E-state index in [-0.39, 0.29) is 5.41 Å². The van der Waals surface area contributed by atoms with Gasteiger partial charge in [0.2, 0.25) is 0 Å². The SMILES string of the molecule is Cc1ccccc1-c1ccc2c(c1)-c1ccccc1C2(C)C. The number of hydrogen-bond acceptors (Lipinski definition) is 0. The fraction of sp³-hybridized carbons (Fsp3) is 0.182. The summed E-state index contributed by atoms with van der Waals surface area (Å²) in [5.74, 6) is 0. The molecule has 0 heterocycles. The van der Waals surface area contributed by atoms with Crippen LogP contribution in [0, 0.1) is 6.92 Å². The van der Waals surface area contributed by atoms with Crippen LogP contribution in [-0.4, -0.2) is 0 Å². The first-order chi connectivity index (χ1) is 10.6. The fourth-order valence-corrected chi connectivity index (χ4v) is 3.78. The zero-order valence-electron chi connectivity index (χ0n) is 13.4. The Labute approximate surface area is 132 Å². The highest BCUT2D eigenvalue weighted by atomic mass is 14.4. The Hall–Kier alpha value is -2.34. The first-order valence-electron chi connectivity index (χ1n) is 7.89. The molecule has 0 aromatic heterocycles. The molecule has 3 aromatic carbocycles. The van der Waals surface area contributed by atoms with Gasteiger partial charge in [0, 0.05) is 5.41 Å². The summed E-state index contributed by atoms with van der Waals surface area (Å²) in [5, 5.41) is 0. The van der Waals surface area contributed by atoms with Gasteiger partial charge in [-0.2, -0.15) is 0 Å². The van der Waals surface area contributed by atoms with Crippen molar-refractivity contribution in [3.05, 3.63) is 83.4 Å². The summed E-state index contributed by atoms with van der Waals surface area (Å²) < 4.78 is 0. The Morgan fingerprint density at radius 3 is 2.05 bits per heavy atom. The summed E-state index contributed by atoms with van der Waals surface area (Å²) in [6, 6.07) is 24.4. The predicted molar refractivity (Wildman–Crippen MR) is 94.2 cm³/mol. The molecule has 0 radical (unpaired) electrons. The average Bonchev–Trinajstić information content (AvgIpc) is 2.76. The van der Waals surface area contributed by atoms with Crippen LogP contribution in [0.15, 0.2) is 66.7 Å². The van der Waals surface area contributed by atoms with Crippen LogP contribution in [0.2, 0.25) is 0 Å². The largest absolute Gasteiger partial charge is 0.0620 e. The molecule has 22 heavy (non-hydrogen) atoms. The third-order valence-corrected chi connectivity index (χ3v) is 5.04. The number of benzene rings is 3. The highest BCUT2D eigenvalue weighted by molar-refractivity contribution is 5.84. The zero-order valence-corrected chi connectivity index (χ0v) is 13.4. The van der Waals surface area contributed by atoms with Gasteiger partial charge >= 0.3 is 0 Å². The van der Waals surface area contributed by atoms with Gasteiger partial charge in [0.05, 0.1) is 0 Å². The summed E-state index contributed by atoms with van der Waals surface area (Å²) in [7, 11) is 0. The van der Waals surface area contributed by atoms with Crippen LogP contribution in [0.4, 0.5) is 0 Å². The quantitative estimate of drug-likeness (QED) is 0.516. The van der Waals surface area contributed by atoms with Crippen LogP contribution in [-0.2, 0) is 5.41 Å². The second-order valence-corrected chi connectivity index (χ2v) is 6.75. The molecule has 1 aliphatic carbocycles. The van der Waals surface area contributed by atoms with E-state index < -0.39 is 0 Å². The minimum absolute atomic E-state index is 0.0934. The van der Waals surface area contributed by atoms with E-state index in [0.717, 1.165) is 0 Å². The van der Waals surface area contributed by atoms with Gasteiger partial charge in [-0.1, -0.05) is 74.5 Å². The van der Waals surface area contributed by atoms with Crippen molar-refractivity contribution in [2.24, 2.45) is 0 Å². The van der Waals surface area contributed by atoms with Gasteiger partial charge in [0.15, 0.2) is 0 Å². The smallest absolute Gasteiger partial charge is 0.0158 e. The van der Waals surface area contributed by atoms with Crippen LogP contribution in [0.5, 0.6) is 0 Å². The van der Waals surface area contributed by atoms with Crippen molar-refractivity contribution in [2.45, 2.75) is 26.2 Å². The Kier molecular flexibility index (Phi) is 2.77. The average molecular weight is 284 g/mol. The van der Waals surface area contributed by atoms with Gasteiger partial charge in [-0.25, -0.2) is 0 Å². The molecule has 0 nitrogen and oxygen atoms in total. The van der Waals surface area contributed by atoms with Gasteiger partial charge in [0.25, 0.3) is 0 Å². The molecule has 0 saturated heterocycles. The van der Waals surface area contributed by atoms with Crippen LogP contribution in [0.25, 0.3) is 22.3 Å². The first kappa shape index (κ1) is 13.3. The molecule has 0 fully saturated rings. The molecule has 0 atom stereocenters. The van der Waals surface area contributed by atoms with Crippen molar-refractivity contribution in [1.82, 2.24) is 0 Å². The highest BCUT2D eigenvalue weighted by Crippen LogP contribution is 2.49. The maximum Gasteiger partial charge on any atom is 0.0158 e. The summed E-state index contributed by atoms with van der Waals surface area (Å²) in [4.78, 5) is 0. The van der Waals surface area contributed by atoms with Crippen LogP contribution in [0.1, 0.15) is 30.5 Å². The fourth-order valence-electron chi connectivity index (χ4n) is 3.78. The van der Waals surface area contributed by atoms with Gasteiger partial charge in [0.1, 0.15) is 0 Å². The number of hydrogen-bond donors (Lipinski definition) is 0. The number of rotatable bonds is 1. The standard InChI is InChI=1S/C22H20/c1-15-8-4-5-9-17(15)16-12-13-21-19(14-16)18-10-6-7-11-20(18)22(21,2)3/h4-14H,1-3H3. The summed E-state index contributed by atoms with van der Waals surface area (Å²) in [5.41, 5.74) is 9.71. The second kappa shape index (κ2) is 4.58. The summed E-state index contributed by atoms with van der Waals surface area (Å²) in [6.45, 7) is 6.83. The Morgan fingerprint density at radius 2 is 1.27 bits per heavy atom. The lowest BCUT2D eigenvalue weighted by Gasteiger charge is -2.21. The molecule has 1 aliphatic rings. The lowest BCUT2D eigenvalue weighted by atomic mass is 9.82. The first-order valence-corrected chi connectivity index (χ1v) is 7.89. The van der Waals surface area contributed by atoms with Crippen LogP contribution >= 0.6 is 0 Å². The second-order valence-electron chi connectivity index (χ2n) is 6.75. The van der Waals surface area contributed by atoms with E-state index in [1.165, 1.54) is 38.9 Å². The molecule has 0 heteroatoms. The zero-order chi connectivity index (χ0) is 15.3. The third kappa shape index (κ3) is 1.77. The molecule has 4 rings (SSSR count). The Balaban J connectivity index is 1.97. The van der Waals surface area contributed by atoms with Crippen molar-refractivity contribution in [1.29, 1.82) is 0 Å². The van der Waals surface area contributed by atoms with Crippen LogP contribution in [0.3, 0.4) is 0 Å². The minimum Gasteiger partial charge on any atom is -0.0620 e. The van der Waals surface area contributed by atoms with Crippen molar-refractivity contribution >= 4 is 0 Å². The number of fused-ring (bicyclic) bond motifs is 3. The Morgan fingerprint density at radius 1 is 0.636 bits per heavy atom. The molecular weight excluding hydrogens is 264 g/mol. The summed E-state index contributed by atoms with van der Waals surface area (Å²) in [6.07, 6.45) is 0. The van der Waals surface area contributed by atoms with Crippen molar-refractivity contribution in [2.75, 3.05) is 0 Å². The monoisotopic (exact) mass is 284 g/mol. The van der Waals surface area contributed by atoms with Gasteiger partial charge in [-0.3, -0.25) is 0 Å². The molecule has 0 aliphatic heterocycles. The van der Waals surface area contributed by atoms with E-state index in [1.807, 2.05) is 0 Å². The van der Waals surface area contributed by atoms with E-state index in [4.69, 9.17) is 0 Å². The van der Waals surface area contributed by atoms with E-state index in [1.54, 1.807) is 0 Å². The lowest BCUT2D eigenvalue weighted by molar-refractivity contribution is 0.660. The maximum atomic E-state index is 2.37. The van der Waals surface area contributed by atoms with E-state index in [2.05, 4.69) is 87.5 Å². The highest BCUT2D eigenvalue weighted by Gasteiger charge is 2.34. The van der Waals surface area contributed by atoms with Crippen molar-refractivity contribution < 1.29 is 0 Å². The van der Waals surface area contributed by atoms with E-state index >= 15 is 0 Å². The number of aryl methyl sites for hydroxylation is 1. The topological polar surface area (TPSA) is 0 Å². The molecule has 0 bridgehead atoms.